The van der Waals surface area contributed by atoms with E-state index >= 15 is 0 Å². The van der Waals surface area contributed by atoms with Crippen LogP contribution in [0.1, 0.15) is 11.1 Å². The highest BCUT2D eigenvalue weighted by atomic mass is 16.6. The number of rotatable bonds is 7. The van der Waals surface area contributed by atoms with Crippen molar-refractivity contribution in [3.05, 3.63) is 67.8 Å². The normalized spacial score (nSPS) is 10.6. The molecule has 0 aliphatic heterocycles. The van der Waals surface area contributed by atoms with Crippen LogP contribution >= 0.6 is 0 Å². The van der Waals surface area contributed by atoms with Gasteiger partial charge in [-0.1, -0.05) is 12.1 Å². The summed E-state index contributed by atoms with van der Waals surface area (Å²) in [5.74, 6) is -1.31. The van der Waals surface area contributed by atoms with Crippen molar-refractivity contribution in [3.63, 3.8) is 0 Å². The van der Waals surface area contributed by atoms with Gasteiger partial charge in [-0.25, -0.2) is 5.43 Å². The van der Waals surface area contributed by atoms with E-state index in [2.05, 4.69) is 15.8 Å². The SMILES string of the molecule is Cc1cccc(NCC(=O)N/N=C/c2cc([N+](=O)[O-])cc([N+](=O)[O-])c2O)c1. The molecule has 0 fully saturated rings. The molecule has 140 valence electrons. The van der Waals surface area contributed by atoms with Crippen molar-refractivity contribution < 1.29 is 19.7 Å². The van der Waals surface area contributed by atoms with Gasteiger partial charge in [0.05, 0.1) is 34.2 Å². The number of hydrazone groups is 1. The lowest BCUT2D eigenvalue weighted by atomic mass is 10.1. The molecule has 0 aromatic heterocycles. The van der Waals surface area contributed by atoms with Crippen molar-refractivity contribution in [2.24, 2.45) is 5.10 Å². The van der Waals surface area contributed by atoms with Gasteiger partial charge in [0, 0.05) is 11.8 Å². The van der Waals surface area contributed by atoms with Gasteiger partial charge < -0.3 is 10.4 Å². The third-order valence-corrected chi connectivity index (χ3v) is 3.38. The molecular formula is C16H15N5O6. The lowest BCUT2D eigenvalue weighted by molar-refractivity contribution is -0.394. The molecule has 0 aliphatic carbocycles. The molecule has 0 unspecified atom stereocenters. The molecule has 0 aliphatic rings. The van der Waals surface area contributed by atoms with E-state index in [-0.39, 0.29) is 12.1 Å². The lowest BCUT2D eigenvalue weighted by Gasteiger charge is -2.06. The molecular weight excluding hydrogens is 358 g/mol. The van der Waals surface area contributed by atoms with Crippen molar-refractivity contribution in [1.29, 1.82) is 0 Å². The number of nitrogens with one attached hydrogen (secondary N) is 2. The van der Waals surface area contributed by atoms with Crippen LogP contribution in [-0.4, -0.2) is 33.6 Å². The molecule has 2 aromatic carbocycles. The van der Waals surface area contributed by atoms with Crippen molar-refractivity contribution >= 4 is 29.2 Å². The van der Waals surface area contributed by atoms with Crippen LogP contribution in [0.3, 0.4) is 0 Å². The smallest absolute Gasteiger partial charge is 0.318 e. The predicted octanol–water partition coefficient (Wildman–Crippen LogP) is 2.08. The summed E-state index contributed by atoms with van der Waals surface area (Å²) >= 11 is 0. The van der Waals surface area contributed by atoms with Gasteiger partial charge in [-0.05, 0) is 24.6 Å². The maximum atomic E-state index is 11.8. The summed E-state index contributed by atoms with van der Waals surface area (Å²) in [7, 11) is 0. The van der Waals surface area contributed by atoms with Gasteiger partial charge in [-0.3, -0.25) is 25.0 Å². The van der Waals surface area contributed by atoms with E-state index in [9.17, 15) is 30.1 Å². The average Bonchev–Trinajstić information content (AvgIpc) is 2.61. The Morgan fingerprint density at radius 3 is 2.59 bits per heavy atom. The van der Waals surface area contributed by atoms with Crippen molar-refractivity contribution in [1.82, 2.24) is 5.43 Å². The lowest BCUT2D eigenvalue weighted by Crippen LogP contribution is -2.25. The van der Waals surface area contributed by atoms with E-state index in [1.54, 1.807) is 6.07 Å². The number of non-ortho nitro benzene ring substituents is 1. The largest absolute Gasteiger partial charge is 0.502 e. The Balaban J connectivity index is 2.05. The highest BCUT2D eigenvalue weighted by Gasteiger charge is 2.23. The number of hydrogen-bond acceptors (Lipinski definition) is 8. The van der Waals surface area contributed by atoms with Crippen LogP contribution in [-0.2, 0) is 4.79 Å². The molecule has 11 nitrogen and oxygen atoms in total. The Morgan fingerprint density at radius 1 is 1.22 bits per heavy atom. The fourth-order valence-electron chi connectivity index (χ4n) is 2.12. The Kier molecular flexibility index (Phi) is 5.99. The highest BCUT2D eigenvalue weighted by Crippen LogP contribution is 2.33. The minimum atomic E-state index is -0.954. The molecule has 0 atom stereocenters. The van der Waals surface area contributed by atoms with Gasteiger partial charge >= 0.3 is 5.69 Å². The van der Waals surface area contributed by atoms with E-state index in [1.807, 2.05) is 25.1 Å². The zero-order valence-corrected chi connectivity index (χ0v) is 14.1. The van der Waals surface area contributed by atoms with E-state index in [4.69, 9.17) is 0 Å². The van der Waals surface area contributed by atoms with Crippen molar-refractivity contribution in [2.45, 2.75) is 6.92 Å². The average molecular weight is 373 g/mol. The fourth-order valence-corrected chi connectivity index (χ4v) is 2.12. The molecule has 1 amide bonds. The van der Waals surface area contributed by atoms with Crippen LogP contribution < -0.4 is 10.7 Å². The summed E-state index contributed by atoms with van der Waals surface area (Å²) in [6, 6.07) is 8.90. The molecule has 0 bridgehead atoms. The molecule has 27 heavy (non-hydrogen) atoms. The first kappa shape index (κ1) is 19.3. The second-order valence-corrected chi connectivity index (χ2v) is 5.43. The van der Waals surface area contributed by atoms with E-state index < -0.39 is 32.9 Å². The van der Waals surface area contributed by atoms with E-state index in [1.165, 1.54) is 0 Å². The van der Waals surface area contributed by atoms with Gasteiger partial charge in [0.2, 0.25) is 5.75 Å². The molecule has 0 radical (unpaired) electrons. The van der Waals surface area contributed by atoms with Crippen LogP contribution in [0, 0.1) is 27.2 Å². The third-order valence-electron chi connectivity index (χ3n) is 3.38. The number of carbonyl (C=O) groups excluding carboxylic acids is 1. The molecule has 2 aromatic rings. The number of benzene rings is 2. The number of anilines is 1. The summed E-state index contributed by atoms with van der Waals surface area (Å²) in [6.45, 7) is 1.81. The quantitative estimate of drug-likeness (QED) is 0.380. The number of hydrogen-bond donors (Lipinski definition) is 3. The van der Waals surface area contributed by atoms with Gasteiger partial charge in [0.15, 0.2) is 0 Å². The van der Waals surface area contributed by atoms with Gasteiger partial charge in [0.25, 0.3) is 11.6 Å². The molecule has 3 N–H and O–H groups in total. The molecule has 0 spiro atoms. The second kappa shape index (κ2) is 8.38. The molecule has 0 heterocycles. The van der Waals surface area contributed by atoms with Crippen molar-refractivity contribution in [3.8, 4) is 5.75 Å². The van der Waals surface area contributed by atoms with E-state index in [0.717, 1.165) is 23.5 Å². The minimum Gasteiger partial charge on any atom is -0.502 e. The number of phenols is 1. The van der Waals surface area contributed by atoms with E-state index in [0.29, 0.717) is 6.07 Å². The van der Waals surface area contributed by atoms with Gasteiger partial charge in [-0.2, -0.15) is 5.10 Å². The molecule has 11 heteroatoms. The third kappa shape index (κ3) is 5.22. The summed E-state index contributed by atoms with van der Waals surface area (Å²) in [6.07, 6.45) is 0.889. The summed E-state index contributed by atoms with van der Waals surface area (Å²) < 4.78 is 0. The zero-order valence-electron chi connectivity index (χ0n) is 14.1. The Morgan fingerprint density at radius 2 is 1.96 bits per heavy atom. The van der Waals surface area contributed by atoms with Crippen molar-refractivity contribution in [2.75, 3.05) is 11.9 Å². The predicted molar refractivity (Wildman–Crippen MR) is 96.8 cm³/mol. The number of nitro benzene ring substituents is 2. The summed E-state index contributed by atoms with van der Waals surface area (Å²) in [5, 5.41) is 38.0. The van der Waals surface area contributed by atoms with Gasteiger partial charge in [0.1, 0.15) is 0 Å². The fraction of sp³-hybridized carbons (Fsp3) is 0.125. The summed E-state index contributed by atoms with van der Waals surface area (Å²) in [5.41, 5.74) is 2.21. The molecule has 0 saturated carbocycles. The second-order valence-electron chi connectivity index (χ2n) is 5.43. The number of nitrogens with zero attached hydrogens (tertiary/aromatic N) is 3. The van der Waals surface area contributed by atoms with Crippen LogP contribution in [0.5, 0.6) is 5.75 Å². The first-order valence-corrected chi connectivity index (χ1v) is 7.56. The molecule has 2 rings (SSSR count). The monoisotopic (exact) mass is 373 g/mol. The van der Waals surface area contributed by atoms with Crippen LogP contribution in [0.4, 0.5) is 17.1 Å². The van der Waals surface area contributed by atoms with Crippen LogP contribution in [0.25, 0.3) is 0 Å². The first-order valence-electron chi connectivity index (χ1n) is 7.56. The number of phenolic OH excluding ortho intramolecular Hbond substituents is 1. The molecule has 0 saturated heterocycles. The Bertz CT molecular complexity index is 928. The minimum absolute atomic E-state index is 0.0954. The van der Waals surface area contributed by atoms with Gasteiger partial charge in [-0.15, -0.1) is 0 Å². The maximum Gasteiger partial charge on any atom is 0.318 e. The standard InChI is InChI=1S/C16H15N5O6/c1-10-3-2-4-12(5-10)17-9-15(22)19-18-8-11-6-13(20(24)25)7-14(16(11)23)21(26)27/h2-8,17,23H,9H2,1H3,(H,19,22)/b18-8+. The topological polar surface area (TPSA) is 160 Å². The maximum absolute atomic E-state index is 11.8. The number of amides is 1. The Hall–Kier alpha value is -4.02. The number of aryl methyl sites for hydroxylation is 1. The zero-order chi connectivity index (χ0) is 20.0. The van der Waals surface area contributed by atoms with Crippen LogP contribution in [0.15, 0.2) is 41.5 Å². The Labute approximate surface area is 152 Å². The summed E-state index contributed by atoms with van der Waals surface area (Å²) in [4.78, 5) is 31.7. The number of nitro groups is 2. The highest BCUT2D eigenvalue weighted by molar-refractivity contribution is 5.88. The first-order chi connectivity index (χ1) is 12.8. The number of carbonyl (C=O) groups is 1. The number of aromatic hydroxyl groups is 1. The van der Waals surface area contributed by atoms with Crippen LogP contribution in [0.2, 0.25) is 0 Å².